The van der Waals surface area contributed by atoms with E-state index in [1.165, 1.54) is 6.92 Å². The molecule has 2 aromatic carbocycles. The van der Waals surface area contributed by atoms with Gasteiger partial charge in [-0.1, -0.05) is 53.5 Å². The first-order chi connectivity index (χ1) is 11.9. The van der Waals surface area contributed by atoms with E-state index in [-0.39, 0.29) is 6.42 Å². The molecule has 0 spiro atoms. The molecule has 0 aliphatic carbocycles. The van der Waals surface area contributed by atoms with Crippen LogP contribution in [0.1, 0.15) is 23.6 Å². The fraction of sp³-hybridized carbons (Fsp3) is 0.235. The first-order valence-corrected chi connectivity index (χ1v) is 8.12. The molecule has 0 amide bonds. The lowest BCUT2D eigenvalue weighted by Crippen LogP contribution is -2.22. The normalized spacial score (nSPS) is 11.6. The molecular formula is C17H15Cl2NO5. The second kappa shape index (κ2) is 8.69. The van der Waals surface area contributed by atoms with Gasteiger partial charge in [0, 0.05) is 16.5 Å². The molecule has 0 aromatic heterocycles. The number of rotatable bonds is 7. The van der Waals surface area contributed by atoms with Gasteiger partial charge in [0.25, 0.3) is 5.09 Å². The van der Waals surface area contributed by atoms with Crippen LogP contribution >= 0.6 is 23.2 Å². The summed E-state index contributed by atoms with van der Waals surface area (Å²) in [4.78, 5) is 26.4. The predicted molar refractivity (Wildman–Crippen MR) is 93.0 cm³/mol. The van der Waals surface area contributed by atoms with Gasteiger partial charge in [-0.2, -0.15) is 0 Å². The average Bonchev–Trinajstić information content (AvgIpc) is 2.51. The Balaban J connectivity index is 2.13. The Morgan fingerprint density at radius 3 is 2.32 bits per heavy atom. The summed E-state index contributed by atoms with van der Waals surface area (Å²) in [5, 5.41) is 10.3. The van der Waals surface area contributed by atoms with E-state index >= 15 is 0 Å². The van der Waals surface area contributed by atoms with Crippen LogP contribution in [0.15, 0.2) is 42.5 Å². The lowest BCUT2D eigenvalue weighted by atomic mass is 9.98. The van der Waals surface area contributed by atoms with Crippen LogP contribution in [-0.4, -0.2) is 17.3 Å². The third-order valence-electron chi connectivity index (χ3n) is 3.41. The van der Waals surface area contributed by atoms with E-state index in [9.17, 15) is 14.9 Å². The van der Waals surface area contributed by atoms with Crippen LogP contribution in [0.2, 0.25) is 10.0 Å². The fourth-order valence-corrected chi connectivity index (χ4v) is 2.85. The van der Waals surface area contributed by atoms with Crippen LogP contribution in [0.25, 0.3) is 0 Å². The highest BCUT2D eigenvalue weighted by Crippen LogP contribution is 2.28. The van der Waals surface area contributed by atoms with Crippen molar-refractivity contribution in [2.24, 2.45) is 0 Å². The number of benzene rings is 2. The van der Waals surface area contributed by atoms with Crippen molar-refractivity contribution in [2.45, 2.75) is 26.1 Å². The van der Waals surface area contributed by atoms with E-state index < -0.39 is 17.3 Å². The highest BCUT2D eigenvalue weighted by Gasteiger charge is 2.16. The molecule has 132 valence electrons. The Bertz CT molecular complexity index is 761. The summed E-state index contributed by atoms with van der Waals surface area (Å²) in [5.74, 6) is -0.632. The molecule has 6 nitrogen and oxygen atoms in total. The van der Waals surface area contributed by atoms with Gasteiger partial charge in [-0.15, -0.1) is 10.1 Å². The van der Waals surface area contributed by atoms with E-state index in [0.717, 1.165) is 16.7 Å². The Kier molecular flexibility index (Phi) is 6.61. The number of ether oxygens (including phenoxy) is 1. The highest BCUT2D eigenvalue weighted by molar-refractivity contribution is 6.36. The quantitative estimate of drug-likeness (QED) is 0.309. The standard InChI is InChI=1S/C17H15Cl2NO5/c1-11(25-20(22)23)24-17(21)10-13-6-3-2-5-12(13)9-14-15(18)7-4-8-16(14)19/h2-8,11H,9-10H2,1H3. The zero-order valence-corrected chi connectivity index (χ0v) is 14.8. The van der Waals surface area contributed by atoms with Gasteiger partial charge in [-0.3, -0.25) is 9.63 Å². The summed E-state index contributed by atoms with van der Waals surface area (Å²) in [6.07, 6.45) is -0.875. The second-order valence-electron chi connectivity index (χ2n) is 5.21. The predicted octanol–water partition coefficient (Wildman–Crippen LogP) is 4.22. The molecule has 0 bridgehead atoms. The van der Waals surface area contributed by atoms with Crippen molar-refractivity contribution < 1.29 is 19.5 Å². The van der Waals surface area contributed by atoms with Gasteiger partial charge in [0.05, 0.1) is 6.42 Å². The van der Waals surface area contributed by atoms with Crippen LogP contribution in [0, 0.1) is 10.1 Å². The number of hydrogen-bond donors (Lipinski definition) is 0. The van der Waals surface area contributed by atoms with Gasteiger partial charge in [0.2, 0.25) is 6.29 Å². The Hall–Kier alpha value is -2.31. The van der Waals surface area contributed by atoms with Crippen LogP contribution < -0.4 is 0 Å². The van der Waals surface area contributed by atoms with Gasteiger partial charge in [0.1, 0.15) is 0 Å². The molecule has 1 atom stereocenters. The van der Waals surface area contributed by atoms with Crippen LogP contribution in [0.4, 0.5) is 0 Å². The second-order valence-corrected chi connectivity index (χ2v) is 6.02. The monoisotopic (exact) mass is 383 g/mol. The van der Waals surface area contributed by atoms with Crippen molar-refractivity contribution in [3.8, 4) is 0 Å². The topological polar surface area (TPSA) is 78.7 Å². The summed E-state index contributed by atoms with van der Waals surface area (Å²) >= 11 is 12.4. The number of hydrogen-bond acceptors (Lipinski definition) is 5. The van der Waals surface area contributed by atoms with Gasteiger partial charge in [-0.05, 0) is 35.7 Å². The van der Waals surface area contributed by atoms with Crippen molar-refractivity contribution in [3.05, 3.63) is 79.3 Å². The molecule has 1 unspecified atom stereocenters. The molecular weight excluding hydrogens is 369 g/mol. The molecule has 0 saturated carbocycles. The molecule has 0 aliphatic heterocycles. The molecule has 0 fully saturated rings. The van der Waals surface area contributed by atoms with E-state index in [4.69, 9.17) is 27.9 Å². The molecule has 0 radical (unpaired) electrons. The number of carbonyl (C=O) groups excluding carboxylic acids is 1. The van der Waals surface area contributed by atoms with Crippen molar-refractivity contribution in [1.29, 1.82) is 0 Å². The molecule has 2 rings (SSSR count). The number of esters is 1. The smallest absolute Gasteiger partial charge is 0.312 e. The minimum atomic E-state index is -1.27. The Morgan fingerprint density at radius 1 is 1.12 bits per heavy atom. The summed E-state index contributed by atoms with van der Waals surface area (Å²) in [7, 11) is 0. The maximum Gasteiger partial charge on any atom is 0.312 e. The van der Waals surface area contributed by atoms with Crippen molar-refractivity contribution in [2.75, 3.05) is 0 Å². The third-order valence-corrected chi connectivity index (χ3v) is 4.12. The van der Waals surface area contributed by atoms with Crippen molar-refractivity contribution >= 4 is 29.2 Å². The highest BCUT2D eigenvalue weighted by atomic mass is 35.5. The Labute approximate surface area is 154 Å². The lowest BCUT2D eigenvalue weighted by Gasteiger charge is -2.13. The van der Waals surface area contributed by atoms with E-state index in [0.29, 0.717) is 16.5 Å². The van der Waals surface area contributed by atoms with Crippen LogP contribution in [0.3, 0.4) is 0 Å². The summed E-state index contributed by atoms with van der Waals surface area (Å²) in [6, 6.07) is 12.5. The van der Waals surface area contributed by atoms with E-state index in [1.807, 2.05) is 12.1 Å². The lowest BCUT2D eigenvalue weighted by molar-refractivity contribution is -0.777. The minimum absolute atomic E-state index is 0.0519. The first-order valence-electron chi connectivity index (χ1n) is 7.37. The molecule has 0 N–H and O–H groups in total. The van der Waals surface area contributed by atoms with Crippen LogP contribution in [-0.2, 0) is 27.2 Å². The molecule has 2 aromatic rings. The van der Waals surface area contributed by atoms with E-state index in [1.54, 1.807) is 30.3 Å². The SMILES string of the molecule is CC(OC(=O)Cc1ccccc1Cc1c(Cl)cccc1Cl)O[N+](=O)[O-]. The Morgan fingerprint density at radius 2 is 1.72 bits per heavy atom. The third kappa shape index (κ3) is 5.62. The van der Waals surface area contributed by atoms with Gasteiger partial charge in [-0.25, -0.2) is 0 Å². The van der Waals surface area contributed by atoms with Crippen LogP contribution in [0.5, 0.6) is 0 Å². The molecule has 8 heteroatoms. The first kappa shape index (κ1) is 19.0. The summed E-state index contributed by atoms with van der Waals surface area (Å²) in [6.45, 7) is 1.27. The number of carbonyl (C=O) groups is 1. The number of nitrogens with zero attached hydrogens (tertiary/aromatic N) is 1. The molecule has 0 heterocycles. The zero-order chi connectivity index (χ0) is 18.4. The molecule has 25 heavy (non-hydrogen) atoms. The number of halogens is 2. The largest absolute Gasteiger partial charge is 0.435 e. The van der Waals surface area contributed by atoms with Gasteiger partial charge < -0.3 is 4.74 Å². The summed E-state index contributed by atoms with van der Waals surface area (Å²) in [5.41, 5.74) is 2.34. The zero-order valence-electron chi connectivity index (χ0n) is 13.3. The minimum Gasteiger partial charge on any atom is -0.435 e. The maximum atomic E-state index is 12.0. The van der Waals surface area contributed by atoms with Crippen molar-refractivity contribution in [3.63, 3.8) is 0 Å². The molecule has 0 aliphatic rings. The molecule has 0 saturated heterocycles. The summed E-state index contributed by atoms with van der Waals surface area (Å²) < 4.78 is 4.86. The van der Waals surface area contributed by atoms with E-state index in [2.05, 4.69) is 4.84 Å². The van der Waals surface area contributed by atoms with Gasteiger partial charge in [0.15, 0.2) is 0 Å². The maximum absolute atomic E-state index is 12.0. The average molecular weight is 384 g/mol. The van der Waals surface area contributed by atoms with Gasteiger partial charge >= 0.3 is 5.97 Å². The van der Waals surface area contributed by atoms with Crippen molar-refractivity contribution in [1.82, 2.24) is 0 Å². The fourth-order valence-electron chi connectivity index (χ4n) is 2.32.